The summed E-state index contributed by atoms with van der Waals surface area (Å²) in [6.45, 7) is 1.47. The summed E-state index contributed by atoms with van der Waals surface area (Å²) in [5.74, 6) is -1.07. The van der Waals surface area contributed by atoms with Gasteiger partial charge < -0.3 is 10.1 Å². The molecule has 0 fully saturated rings. The molecular formula is C23H21BrN2O5S. The Morgan fingerprint density at radius 2 is 1.69 bits per heavy atom. The molecule has 7 nitrogen and oxygen atoms in total. The van der Waals surface area contributed by atoms with E-state index in [0.717, 1.165) is 4.31 Å². The molecule has 0 heterocycles. The number of ether oxygens (including phenoxy) is 1. The van der Waals surface area contributed by atoms with Gasteiger partial charge in [-0.15, -0.1) is 0 Å². The first-order valence-electron chi connectivity index (χ1n) is 9.71. The molecule has 32 heavy (non-hydrogen) atoms. The summed E-state index contributed by atoms with van der Waals surface area (Å²) in [4.78, 5) is 24.8. The Kier molecular flexibility index (Phi) is 7.66. The van der Waals surface area contributed by atoms with E-state index in [2.05, 4.69) is 21.2 Å². The Hall–Kier alpha value is -3.17. The molecule has 3 aromatic rings. The van der Waals surface area contributed by atoms with E-state index in [-0.39, 0.29) is 17.1 Å². The van der Waals surface area contributed by atoms with Gasteiger partial charge in [-0.25, -0.2) is 13.2 Å². The molecule has 1 amide bonds. The molecule has 0 saturated heterocycles. The third kappa shape index (κ3) is 5.74. The largest absolute Gasteiger partial charge is 0.462 e. The zero-order valence-corrected chi connectivity index (χ0v) is 19.6. The summed E-state index contributed by atoms with van der Waals surface area (Å²) in [5.41, 5.74) is 0.968. The zero-order chi connectivity index (χ0) is 23.1. The zero-order valence-electron chi connectivity index (χ0n) is 17.2. The highest BCUT2D eigenvalue weighted by Gasteiger charge is 2.27. The second-order valence-electron chi connectivity index (χ2n) is 6.65. The number of carbonyl (C=O) groups is 2. The number of carbonyl (C=O) groups excluding carboxylic acids is 2. The molecule has 0 atom stereocenters. The number of nitrogens with one attached hydrogen (secondary N) is 1. The number of esters is 1. The van der Waals surface area contributed by atoms with Crippen LogP contribution >= 0.6 is 15.9 Å². The van der Waals surface area contributed by atoms with Crippen molar-refractivity contribution in [2.75, 3.05) is 22.8 Å². The van der Waals surface area contributed by atoms with Gasteiger partial charge in [0.05, 0.1) is 22.8 Å². The van der Waals surface area contributed by atoms with Gasteiger partial charge in [0.2, 0.25) is 5.91 Å². The minimum Gasteiger partial charge on any atom is -0.462 e. The normalized spacial score (nSPS) is 10.9. The Morgan fingerprint density at radius 3 is 2.38 bits per heavy atom. The van der Waals surface area contributed by atoms with Crippen LogP contribution in [-0.2, 0) is 19.6 Å². The highest BCUT2D eigenvalue weighted by atomic mass is 79.9. The number of rotatable bonds is 8. The van der Waals surface area contributed by atoms with Crippen molar-refractivity contribution in [3.8, 4) is 0 Å². The van der Waals surface area contributed by atoms with E-state index in [9.17, 15) is 18.0 Å². The first kappa shape index (κ1) is 23.5. The molecule has 0 aliphatic heterocycles. The van der Waals surface area contributed by atoms with E-state index < -0.39 is 28.4 Å². The summed E-state index contributed by atoms with van der Waals surface area (Å²) in [6.07, 6.45) is 0. The lowest BCUT2D eigenvalue weighted by atomic mass is 10.2. The van der Waals surface area contributed by atoms with Crippen molar-refractivity contribution < 1.29 is 22.7 Å². The van der Waals surface area contributed by atoms with Crippen LogP contribution in [0.15, 0.2) is 88.2 Å². The molecule has 166 valence electrons. The van der Waals surface area contributed by atoms with E-state index in [4.69, 9.17) is 4.74 Å². The second-order valence-corrected chi connectivity index (χ2v) is 9.43. The minimum absolute atomic E-state index is 0.0667. The van der Waals surface area contributed by atoms with Gasteiger partial charge in [0, 0.05) is 10.2 Å². The molecule has 0 saturated carbocycles. The molecule has 3 rings (SSSR count). The highest BCUT2D eigenvalue weighted by Crippen LogP contribution is 2.26. The molecular weight excluding hydrogens is 496 g/mol. The number of hydrogen-bond donors (Lipinski definition) is 1. The molecule has 0 radical (unpaired) electrons. The van der Waals surface area contributed by atoms with E-state index in [1.165, 1.54) is 18.2 Å². The Bertz CT molecular complexity index is 1220. The molecule has 0 aliphatic carbocycles. The van der Waals surface area contributed by atoms with Crippen molar-refractivity contribution in [2.24, 2.45) is 0 Å². The van der Waals surface area contributed by atoms with Gasteiger partial charge in [0.1, 0.15) is 6.54 Å². The van der Waals surface area contributed by atoms with Crippen LogP contribution in [0.2, 0.25) is 0 Å². The maximum Gasteiger partial charge on any atom is 0.338 e. The van der Waals surface area contributed by atoms with Crippen LogP contribution < -0.4 is 9.62 Å². The lowest BCUT2D eigenvalue weighted by molar-refractivity contribution is -0.114. The van der Waals surface area contributed by atoms with Crippen LogP contribution in [0.3, 0.4) is 0 Å². The Morgan fingerprint density at radius 1 is 0.969 bits per heavy atom. The second kappa shape index (κ2) is 10.4. The van der Waals surface area contributed by atoms with Gasteiger partial charge in [-0.1, -0.05) is 46.3 Å². The lowest BCUT2D eigenvalue weighted by Crippen LogP contribution is -2.38. The van der Waals surface area contributed by atoms with Crippen molar-refractivity contribution in [3.05, 3.63) is 88.9 Å². The summed E-state index contributed by atoms with van der Waals surface area (Å²) in [6, 6.07) is 20.8. The fourth-order valence-electron chi connectivity index (χ4n) is 2.94. The van der Waals surface area contributed by atoms with Gasteiger partial charge in [-0.05, 0) is 55.5 Å². The van der Waals surface area contributed by atoms with Crippen LogP contribution in [0, 0.1) is 0 Å². The van der Waals surface area contributed by atoms with Gasteiger partial charge in [-0.3, -0.25) is 9.10 Å². The molecule has 9 heteroatoms. The van der Waals surface area contributed by atoms with E-state index in [0.29, 0.717) is 15.8 Å². The number of nitrogens with zero attached hydrogens (tertiary/aromatic N) is 1. The third-order valence-electron chi connectivity index (χ3n) is 4.37. The van der Waals surface area contributed by atoms with Crippen molar-refractivity contribution in [1.82, 2.24) is 0 Å². The molecule has 0 unspecified atom stereocenters. The van der Waals surface area contributed by atoms with Crippen LogP contribution in [0.1, 0.15) is 17.3 Å². The van der Waals surface area contributed by atoms with Crippen molar-refractivity contribution in [1.29, 1.82) is 0 Å². The predicted octanol–water partition coefficient (Wildman–Crippen LogP) is 4.46. The quantitative estimate of drug-likeness (QED) is 0.446. The maximum absolute atomic E-state index is 13.3. The van der Waals surface area contributed by atoms with Crippen LogP contribution in [0.5, 0.6) is 0 Å². The van der Waals surface area contributed by atoms with Gasteiger partial charge in [0.15, 0.2) is 0 Å². The molecule has 0 aromatic heterocycles. The lowest BCUT2D eigenvalue weighted by Gasteiger charge is -2.24. The predicted molar refractivity (Wildman–Crippen MR) is 126 cm³/mol. The van der Waals surface area contributed by atoms with Crippen molar-refractivity contribution in [2.45, 2.75) is 11.8 Å². The number of halogens is 1. The maximum atomic E-state index is 13.3. The number of benzene rings is 3. The van der Waals surface area contributed by atoms with Crippen molar-refractivity contribution >= 4 is 49.2 Å². The summed E-state index contributed by atoms with van der Waals surface area (Å²) < 4.78 is 33.3. The molecule has 0 aliphatic rings. The third-order valence-corrected chi connectivity index (χ3v) is 6.65. The Balaban J connectivity index is 1.88. The summed E-state index contributed by atoms with van der Waals surface area (Å²) in [5, 5.41) is 2.65. The van der Waals surface area contributed by atoms with E-state index in [1.54, 1.807) is 67.6 Å². The SMILES string of the molecule is CCOC(=O)c1cccc(NC(=O)CN(c2cccc(Br)c2)S(=O)(=O)c2ccccc2)c1. The highest BCUT2D eigenvalue weighted by molar-refractivity contribution is 9.10. The number of anilines is 2. The average molecular weight is 517 g/mol. The van der Waals surface area contributed by atoms with Crippen LogP contribution in [0.4, 0.5) is 11.4 Å². The van der Waals surface area contributed by atoms with Crippen LogP contribution in [-0.4, -0.2) is 33.4 Å². The smallest absolute Gasteiger partial charge is 0.338 e. The molecule has 0 bridgehead atoms. The average Bonchev–Trinajstić information content (AvgIpc) is 2.78. The van der Waals surface area contributed by atoms with Crippen LogP contribution in [0.25, 0.3) is 0 Å². The van der Waals surface area contributed by atoms with Gasteiger partial charge in [-0.2, -0.15) is 0 Å². The first-order valence-corrected chi connectivity index (χ1v) is 11.9. The number of amides is 1. The fraction of sp³-hybridized carbons (Fsp3) is 0.130. The number of sulfonamides is 1. The topological polar surface area (TPSA) is 92.8 Å². The number of hydrogen-bond acceptors (Lipinski definition) is 5. The van der Waals surface area contributed by atoms with Gasteiger partial charge in [0.25, 0.3) is 10.0 Å². The monoisotopic (exact) mass is 516 g/mol. The summed E-state index contributed by atoms with van der Waals surface area (Å²) in [7, 11) is -4.01. The molecule has 0 spiro atoms. The standard InChI is InChI=1S/C23H21BrN2O5S/c1-2-31-23(28)17-8-6-10-19(14-17)25-22(27)16-26(20-11-7-9-18(24)15-20)32(29,30)21-12-4-3-5-13-21/h3-15H,2,16H2,1H3,(H,25,27). The van der Waals surface area contributed by atoms with Gasteiger partial charge >= 0.3 is 5.97 Å². The minimum atomic E-state index is -4.01. The van der Waals surface area contributed by atoms with Crippen molar-refractivity contribution in [3.63, 3.8) is 0 Å². The molecule has 1 N–H and O–H groups in total. The Labute approximate surface area is 195 Å². The van der Waals surface area contributed by atoms with E-state index in [1.807, 2.05) is 0 Å². The molecule has 3 aromatic carbocycles. The fourth-order valence-corrected chi connectivity index (χ4v) is 4.76. The summed E-state index contributed by atoms with van der Waals surface area (Å²) >= 11 is 3.34. The first-order chi connectivity index (χ1) is 15.3. The van der Waals surface area contributed by atoms with E-state index >= 15 is 0 Å².